The third kappa shape index (κ3) is 4.34. The molecule has 0 spiro atoms. The third-order valence-electron chi connectivity index (χ3n) is 4.69. The SMILES string of the molecule is COc1ccc(CNC(=O)C2CC(=O)N(c3cccc(C(C)=O)c3)C2)cc1. The predicted molar refractivity (Wildman–Crippen MR) is 102 cm³/mol. The van der Waals surface area contributed by atoms with Gasteiger partial charge in [0, 0.05) is 30.8 Å². The Morgan fingerprint density at radius 2 is 1.93 bits per heavy atom. The summed E-state index contributed by atoms with van der Waals surface area (Å²) in [4.78, 5) is 38.0. The van der Waals surface area contributed by atoms with Gasteiger partial charge in [-0.3, -0.25) is 14.4 Å². The first-order valence-electron chi connectivity index (χ1n) is 8.80. The van der Waals surface area contributed by atoms with Crippen molar-refractivity contribution in [1.82, 2.24) is 5.32 Å². The lowest BCUT2D eigenvalue weighted by molar-refractivity contribution is -0.126. The number of rotatable bonds is 6. The van der Waals surface area contributed by atoms with E-state index >= 15 is 0 Å². The fraction of sp³-hybridized carbons (Fsp3) is 0.286. The molecule has 1 heterocycles. The Balaban J connectivity index is 1.61. The summed E-state index contributed by atoms with van der Waals surface area (Å²) in [5.41, 5.74) is 2.16. The number of amides is 2. The molecular formula is C21H22N2O4. The van der Waals surface area contributed by atoms with Crippen LogP contribution < -0.4 is 15.0 Å². The molecule has 1 saturated heterocycles. The molecule has 1 fully saturated rings. The lowest BCUT2D eigenvalue weighted by Crippen LogP contribution is -2.32. The van der Waals surface area contributed by atoms with Crippen molar-refractivity contribution in [2.75, 3.05) is 18.6 Å². The van der Waals surface area contributed by atoms with Gasteiger partial charge in [0.15, 0.2) is 5.78 Å². The zero-order valence-electron chi connectivity index (χ0n) is 15.4. The molecule has 140 valence electrons. The number of ether oxygens (including phenoxy) is 1. The molecule has 1 aliphatic heterocycles. The number of carbonyl (C=O) groups excluding carboxylic acids is 3. The second kappa shape index (κ2) is 8.03. The van der Waals surface area contributed by atoms with Gasteiger partial charge in [-0.05, 0) is 36.8 Å². The van der Waals surface area contributed by atoms with Crippen molar-refractivity contribution < 1.29 is 19.1 Å². The molecule has 0 bridgehead atoms. The molecule has 0 saturated carbocycles. The van der Waals surface area contributed by atoms with Crippen LogP contribution >= 0.6 is 0 Å². The molecule has 2 aromatic rings. The molecule has 27 heavy (non-hydrogen) atoms. The number of nitrogens with zero attached hydrogens (tertiary/aromatic N) is 1. The fourth-order valence-corrected chi connectivity index (χ4v) is 3.10. The summed E-state index contributed by atoms with van der Waals surface area (Å²) in [6.45, 7) is 2.20. The Bertz CT molecular complexity index is 861. The molecule has 1 N–H and O–H groups in total. The maximum atomic E-state index is 12.5. The Labute approximate surface area is 158 Å². The van der Waals surface area contributed by atoms with Crippen LogP contribution in [0.3, 0.4) is 0 Å². The van der Waals surface area contributed by atoms with Crippen molar-refractivity contribution in [2.24, 2.45) is 5.92 Å². The van der Waals surface area contributed by atoms with E-state index in [1.807, 2.05) is 24.3 Å². The Morgan fingerprint density at radius 3 is 2.59 bits per heavy atom. The fourth-order valence-electron chi connectivity index (χ4n) is 3.10. The van der Waals surface area contributed by atoms with E-state index in [2.05, 4.69) is 5.32 Å². The average Bonchev–Trinajstić information content (AvgIpc) is 3.08. The average molecular weight is 366 g/mol. The Kier molecular flexibility index (Phi) is 5.54. The number of hydrogen-bond donors (Lipinski definition) is 1. The maximum absolute atomic E-state index is 12.5. The van der Waals surface area contributed by atoms with E-state index in [0.29, 0.717) is 24.3 Å². The summed E-state index contributed by atoms with van der Waals surface area (Å²) in [6, 6.07) is 14.4. The number of Topliss-reactive ketones (excluding diaryl/α,β-unsaturated/α-hetero) is 1. The van der Waals surface area contributed by atoms with Crippen LogP contribution in [-0.2, 0) is 16.1 Å². The van der Waals surface area contributed by atoms with Crippen molar-refractivity contribution in [3.63, 3.8) is 0 Å². The number of anilines is 1. The van der Waals surface area contributed by atoms with Gasteiger partial charge >= 0.3 is 0 Å². The molecular weight excluding hydrogens is 344 g/mol. The number of ketones is 1. The van der Waals surface area contributed by atoms with Crippen molar-refractivity contribution in [2.45, 2.75) is 19.9 Å². The summed E-state index contributed by atoms with van der Waals surface area (Å²) in [5.74, 6) is 0.0357. The van der Waals surface area contributed by atoms with E-state index in [9.17, 15) is 14.4 Å². The Hall–Kier alpha value is -3.15. The first-order valence-corrected chi connectivity index (χ1v) is 8.80. The second-order valence-corrected chi connectivity index (χ2v) is 6.58. The summed E-state index contributed by atoms with van der Waals surface area (Å²) < 4.78 is 5.11. The van der Waals surface area contributed by atoms with Gasteiger partial charge < -0.3 is 15.0 Å². The molecule has 6 nitrogen and oxygen atoms in total. The largest absolute Gasteiger partial charge is 0.497 e. The molecule has 2 aromatic carbocycles. The minimum absolute atomic E-state index is 0.0581. The van der Waals surface area contributed by atoms with Gasteiger partial charge in [-0.15, -0.1) is 0 Å². The lowest BCUT2D eigenvalue weighted by atomic mass is 10.1. The van der Waals surface area contributed by atoms with Crippen LogP contribution in [-0.4, -0.2) is 31.3 Å². The van der Waals surface area contributed by atoms with E-state index in [-0.39, 0.29) is 24.0 Å². The lowest BCUT2D eigenvalue weighted by Gasteiger charge is -2.17. The normalized spacial score (nSPS) is 16.3. The molecule has 1 aliphatic rings. The van der Waals surface area contributed by atoms with Crippen LogP contribution in [0.15, 0.2) is 48.5 Å². The van der Waals surface area contributed by atoms with Crippen LogP contribution in [0, 0.1) is 5.92 Å². The standard InChI is InChI=1S/C21H22N2O4/c1-14(24)16-4-3-5-18(10-16)23-13-17(11-20(23)25)21(26)22-12-15-6-8-19(27-2)9-7-15/h3-10,17H,11-13H2,1-2H3,(H,22,26). The molecule has 1 unspecified atom stereocenters. The van der Waals surface area contributed by atoms with Gasteiger partial charge in [0.05, 0.1) is 13.0 Å². The smallest absolute Gasteiger partial charge is 0.227 e. The number of nitrogens with one attached hydrogen (secondary N) is 1. The summed E-state index contributed by atoms with van der Waals surface area (Å²) in [6.07, 6.45) is 0.165. The van der Waals surface area contributed by atoms with Gasteiger partial charge in [-0.2, -0.15) is 0 Å². The van der Waals surface area contributed by atoms with Crippen LogP contribution in [0.5, 0.6) is 5.75 Å². The van der Waals surface area contributed by atoms with E-state index in [4.69, 9.17) is 4.74 Å². The molecule has 0 aliphatic carbocycles. The number of carbonyl (C=O) groups is 3. The predicted octanol–water partition coefficient (Wildman–Crippen LogP) is 2.57. The van der Waals surface area contributed by atoms with E-state index < -0.39 is 5.92 Å². The van der Waals surface area contributed by atoms with Gasteiger partial charge in [0.25, 0.3) is 0 Å². The highest BCUT2D eigenvalue weighted by Gasteiger charge is 2.35. The molecule has 0 aromatic heterocycles. The van der Waals surface area contributed by atoms with Crippen LogP contribution in [0.25, 0.3) is 0 Å². The van der Waals surface area contributed by atoms with E-state index in [1.54, 1.807) is 36.3 Å². The summed E-state index contributed by atoms with van der Waals surface area (Å²) in [7, 11) is 1.60. The first kappa shape index (κ1) is 18.6. The van der Waals surface area contributed by atoms with Crippen molar-refractivity contribution >= 4 is 23.3 Å². The highest BCUT2D eigenvalue weighted by molar-refractivity contribution is 6.02. The third-order valence-corrected chi connectivity index (χ3v) is 4.69. The quantitative estimate of drug-likeness (QED) is 0.798. The van der Waals surface area contributed by atoms with Crippen LogP contribution in [0.1, 0.15) is 29.3 Å². The highest BCUT2D eigenvalue weighted by Crippen LogP contribution is 2.26. The van der Waals surface area contributed by atoms with Gasteiger partial charge in [-0.1, -0.05) is 24.3 Å². The van der Waals surface area contributed by atoms with Crippen LogP contribution in [0.2, 0.25) is 0 Å². The monoisotopic (exact) mass is 366 g/mol. The first-order chi connectivity index (χ1) is 13.0. The number of hydrogen-bond acceptors (Lipinski definition) is 4. The summed E-state index contributed by atoms with van der Waals surface area (Å²) >= 11 is 0. The minimum atomic E-state index is -0.406. The molecule has 1 atom stereocenters. The zero-order valence-corrected chi connectivity index (χ0v) is 15.4. The van der Waals surface area contributed by atoms with Crippen molar-refractivity contribution in [3.05, 3.63) is 59.7 Å². The molecule has 3 rings (SSSR count). The van der Waals surface area contributed by atoms with Gasteiger partial charge in [-0.25, -0.2) is 0 Å². The second-order valence-electron chi connectivity index (χ2n) is 6.58. The number of benzene rings is 2. The molecule has 2 amide bonds. The zero-order chi connectivity index (χ0) is 19.4. The van der Waals surface area contributed by atoms with Crippen molar-refractivity contribution in [1.29, 1.82) is 0 Å². The highest BCUT2D eigenvalue weighted by atomic mass is 16.5. The molecule has 6 heteroatoms. The maximum Gasteiger partial charge on any atom is 0.227 e. The molecule has 0 radical (unpaired) electrons. The summed E-state index contributed by atoms with van der Waals surface area (Å²) in [5, 5.41) is 2.89. The van der Waals surface area contributed by atoms with E-state index in [0.717, 1.165) is 11.3 Å². The van der Waals surface area contributed by atoms with Crippen molar-refractivity contribution in [3.8, 4) is 5.75 Å². The minimum Gasteiger partial charge on any atom is -0.497 e. The Morgan fingerprint density at radius 1 is 1.19 bits per heavy atom. The van der Waals surface area contributed by atoms with E-state index in [1.165, 1.54) is 6.92 Å². The number of methoxy groups -OCH3 is 1. The van der Waals surface area contributed by atoms with Gasteiger partial charge in [0.2, 0.25) is 11.8 Å². The van der Waals surface area contributed by atoms with Crippen LogP contribution in [0.4, 0.5) is 5.69 Å². The van der Waals surface area contributed by atoms with Gasteiger partial charge in [0.1, 0.15) is 5.75 Å². The topological polar surface area (TPSA) is 75.7 Å².